The number of anilines is 1. The van der Waals surface area contributed by atoms with Crippen LogP contribution in [0, 0.1) is 5.82 Å². The SMILES string of the molecule is CCOC(=O)c1nc(-c2cnn(-c3ccc(N4C[C@H](CNC(C)=O)OC4=O)cc3F)c2)no1. The summed E-state index contributed by atoms with van der Waals surface area (Å²) in [5.74, 6) is -1.84. The summed E-state index contributed by atoms with van der Waals surface area (Å²) in [5, 5.41) is 10.4. The number of aromatic nitrogens is 4. The van der Waals surface area contributed by atoms with Crippen LogP contribution in [0.25, 0.3) is 17.1 Å². The highest BCUT2D eigenvalue weighted by Crippen LogP contribution is 2.26. The second-order valence-corrected chi connectivity index (χ2v) is 7.01. The summed E-state index contributed by atoms with van der Waals surface area (Å²) >= 11 is 0. The molecule has 33 heavy (non-hydrogen) atoms. The monoisotopic (exact) mass is 458 g/mol. The third kappa shape index (κ3) is 4.66. The summed E-state index contributed by atoms with van der Waals surface area (Å²) in [6.07, 6.45) is 1.68. The van der Waals surface area contributed by atoms with Gasteiger partial charge in [-0.1, -0.05) is 5.16 Å². The first kappa shape index (κ1) is 21.9. The van der Waals surface area contributed by atoms with E-state index in [-0.39, 0.29) is 43.0 Å². The third-order valence-electron chi connectivity index (χ3n) is 4.66. The maximum absolute atomic E-state index is 14.9. The second kappa shape index (κ2) is 9.06. The van der Waals surface area contributed by atoms with Gasteiger partial charge in [-0.25, -0.2) is 18.7 Å². The predicted molar refractivity (Wildman–Crippen MR) is 109 cm³/mol. The lowest BCUT2D eigenvalue weighted by atomic mass is 10.2. The first-order chi connectivity index (χ1) is 15.9. The Labute approximate surface area is 186 Å². The van der Waals surface area contributed by atoms with Gasteiger partial charge in [-0.15, -0.1) is 0 Å². The van der Waals surface area contributed by atoms with E-state index in [0.29, 0.717) is 11.3 Å². The molecule has 3 aromatic rings. The Hall–Kier alpha value is -4.29. The van der Waals surface area contributed by atoms with Crippen LogP contribution >= 0.6 is 0 Å². The van der Waals surface area contributed by atoms with Crippen molar-refractivity contribution in [1.82, 2.24) is 25.2 Å². The largest absolute Gasteiger partial charge is 0.459 e. The maximum Gasteiger partial charge on any atom is 0.414 e. The fourth-order valence-electron chi connectivity index (χ4n) is 3.13. The number of rotatable bonds is 7. The molecule has 1 fully saturated rings. The Morgan fingerprint density at radius 1 is 1.36 bits per heavy atom. The first-order valence-electron chi connectivity index (χ1n) is 9.94. The van der Waals surface area contributed by atoms with Crippen LogP contribution in [0.15, 0.2) is 35.1 Å². The molecular weight excluding hydrogens is 439 g/mol. The standard InChI is InChI=1S/C20H19FN6O6/c1-3-31-19(29)18-24-17(25-33-18)12-7-23-27(9-12)16-5-4-13(6-15(16)21)26-10-14(32-20(26)30)8-22-11(2)28/h4-7,9,14H,3,8,10H2,1-2H3,(H,22,28)/t14-/m0/s1. The zero-order chi connectivity index (χ0) is 23.5. The number of cyclic esters (lactones) is 1. The summed E-state index contributed by atoms with van der Waals surface area (Å²) in [5.41, 5.74) is 0.805. The molecule has 0 unspecified atom stereocenters. The van der Waals surface area contributed by atoms with Crippen molar-refractivity contribution in [3.05, 3.63) is 42.3 Å². The summed E-state index contributed by atoms with van der Waals surface area (Å²) in [6, 6.07) is 4.19. The molecule has 0 saturated carbocycles. The molecule has 1 saturated heterocycles. The van der Waals surface area contributed by atoms with E-state index in [1.54, 1.807) is 13.0 Å². The van der Waals surface area contributed by atoms with E-state index in [1.807, 2.05) is 0 Å². The Kier molecular flexibility index (Phi) is 6.02. The Morgan fingerprint density at radius 2 is 2.18 bits per heavy atom. The average Bonchev–Trinajstić information content (AvgIpc) is 3.52. The molecule has 172 valence electrons. The minimum Gasteiger partial charge on any atom is -0.459 e. The number of ether oxygens (including phenoxy) is 2. The smallest absolute Gasteiger partial charge is 0.414 e. The van der Waals surface area contributed by atoms with Crippen LogP contribution in [0.5, 0.6) is 0 Å². The quantitative estimate of drug-likeness (QED) is 0.524. The number of hydrogen-bond acceptors (Lipinski definition) is 9. The summed E-state index contributed by atoms with van der Waals surface area (Å²) in [7, 11) is 0. The zero-order valence-corrected chi connectivity index (χ0v) is 17.6. The molecule has 0 spiro atoms. The van der Waals surface area contributed by atoms with E-state index in [4.69, 9.17) is 14.0 Å². The van der Waals surface area contributed by atoms with Gasteiger partial charge in [-0.2, -0.15) is 10.1 Å². The number of halogens is 1. The fraction of sp³-hybridized carbons (Fsp3) is 0.300. The number of carbonyl (C=O) groups is 3. The maximum atomic E-state index is 14.9. The lowest BCUT2D eigenvalue weighted by Crippen LogP contribution is -2.33. The van der Waals surface area contributed by atoms with Crippen molar-refractivity contribution in [2.75, 3.05) is 24.6 Å². The molecule has 3 heterocycles. The molecule has 12 nitrogen and oxygen atoms in total. The van der Waals surface area contributed by atoms with Gasteiger partial charge >= 0.3 is 18.0 Å². The predicted octanol–water partition coefficient (Wildman–Crippen LogP) is 1.70. The molecule has 2 amide bonds. The van der Waals surface area contributed by atoms with Crippen LogP contribution in [0.4, 0.5) is 14.9 Å². The summed E-state index contributed by atoms with van der Waals surface area (Å²) in [4.78, 5) is 40.1. The van der Waals surface area contributed by atoms with Gasteiger partial charge in [0.1, 0.15) is 11.8 Å². The van der Waals surface area contributed by atoms with E-state index in [9.17, 15) is 18.8 Å². The van der Waals surface area contributed by atoms with Gasteiger partial charge in [0.15, 0.2) is 5.82 Å². The van der Waals surface area contributed by atoms with Crippen molar-refractivity contribution in [2.45, 2.75) is 20.0 Å². The van der Waals surface area contributed by atoms with Crippen LogP contribution < -0.4 is 10.2 Å². The van der Waals surface area contributed by atoms with Crippen LogP contribution in [-0.2, 0) is 14.3 Å². The molecule has 4 rings (SSSR count). The van der Waals surface area contributed by atoms with Crippen molar-refractivity contribution in [2.24, 2.45) is 0 Å². The number of benzene rings is 1. The number of nitrogens with one attached hydrogen (secondary N) is 1. The molecule has 1 atom stereocenters. The molecule has 2 aromatic heterocycles. The first-order valence-corrected chi connectivity index (χ1v) is 9.94. The number of amides is 2. The highest BCUT2D eigenvalue weighted by atomic mass is 19.1. The lowest BCUT2D eigenvalue weighted by Gasteiger charge is -2.14. The number of esters is 1. The van der Waals surface area contributed by atoms with Crippen LogP contribution in [-0.4, -0.2) is 63.7 Å². The second-order valence-electron chi connectivity index (χ2n) is 7.01. The Bertz CT molecular complexity index is 1210. The van der Waals surface area contributed by atoms with Crippen molar-refractivity contribution < 1.29 is 32.8 Å². The molecule has 1 aliphatic heterocycles. The number of carbonyl (C=O) groups excluding carboxylic acids is 3. The van der Waals surface area contributed by atoms with Gasteiger partial charge in [-0.05, 0) is 25.1 Å². The highest BCUT2D eigenvalue weighted by Gasteiger charge is 2.32. The molecule has 0 bridgehead atoms. The van der Waals surface area contributed by atoms with Gasteiger partial charge in [0.2, 0.25) is 11.7 Å². The van der Waals surface area contributed by atoms with E-state index in [0.717, 1.165) is 0 Å². The van der Waals surface area contributed by atoms with Gasteiger partial charge in [0.25, 0.3) is 0 Å². The molecular formula is C20H19FN6O6. The molecule has 1 N–H and O–H groups in total. The average molecular weight is 458 g/mol. The summed E-state index contributed by atoms with van der Waals surface area (Å²) < 4.78 is 31.0. The number of nitrogens with zero attached hydrogens (tertiary/aromatic N) is 5. The fourth-order valence-corrected chi connectivity index (χ4v) is 3.13. The van der Waals surface area contributed by atoms with Crippen molar-refractivity contribution in [3.8, 4) is 17.1 Å². The minimum absolute atomic E-state index is 0.0892. The van der Waals surface area contributed by atoms with Gasteiger partial charge in [0, 0.05) is 13.1 Å². The van der Waals surface area contributed by atoms with Crippen LogP contribution in [0.2, 0.25) is 0 Å². The van der Waals surface area contributed by atoms with Gasteiger partial charge in [0.05, 0.1) is 37.1 Å². The van der Waals surface area contributed by atoms with Gasteiger partial charge < -0.3 is 19.3 Å². The van der Waals surface area contributed by atoms with Crippen molar-refractivity contribution in [3.63, 3.8) is 0 Å². The molecule has 1 aromatic carbocycles. The Morgan fingerprint density at radius 3 is 2.91 bits per heavy atom. The molecule has 1 aliphatic rings. The highest BCUT2D eigenvalue weighted by molar-refractivity contribution is 5.90. The van der Waals surface area contributed by atoms with Crippen molar-refractivity contribution in [1.29, 1.82) is 0 Å². The van der Waals surface area contributed by atoms with E-state index in [2.05, 4.69) is 20.6 Å². The van der Waals surface area contributed by atoms with Gasteiger partial charge in [-0.3, -0.25) is 9.69 Å². The molecule has 0 radical (unpaired) electrons. The van der Waals surface area contributed by atoms with Crippen LogP contribution in [0.3, 0.4) is 0 Å². The van der Waals surface area contributed by atoms with Crippen molar-refractivity contribution >= 4 is 23.7 Å². The molecule has 13 heteroatoms. The zero-order valence-electron chi connectivity index (χ0n) is 17.6. The minimum atomic E-state index is -0.745. The topological polar surface area (TPSA) is 142 Å². The lowest BCUT2D eigenvalue weighted by molar-refractivity contribution is -0.119. The Balaban J connectivity index is 1.49. The number of hydrogen-bond donors (Lipinski definition) is 1. The summed E-state index contributed by atoms with van der Waals surface area (Å²) in [6.45, 7) is 3.51. The van der Waals surface area contributed by atoms with E-state index < -0.39 is 24.0 Å². The van der Waals surface area contributed by atoms with E-state index in [1.165, 1.54) is 41.0 Å². The third-order valence-corrected chi connectivity index (χ3v) is 4.66. The normalized spacial score (nSPS) is 15.4. The molecule has 0 aliphatic carbocycles. The van der Waals surface area contributed by atoms with E-state index >= 15 is 0 Å². The van der Waals surface area contributed by atoms with Crippen LogP contribution in [0.1, 0.15) is 24.5 Å².